The second-order valence-electron chi connectivity index (χ2n) is 6.13. The van der Waals surface area contributed by atoms with E-state index >= 15 is 0 Å². The molecule has 0 fully saturated rings. The van der Waals surface area contributed by atoms with Gasteiger partial charge in [0.1, 0.15) is 5.69 Å². The maximum absolute atomic E-state index is 12.8. The SMILES string of the molecule is CC(=O)c1c(C)[nH]c(C(=O)N(C)[C@H](C)c2cccc([N+](=O)[O-])c2)c1C. The standard InChI is InChI=1S/C18H21N3O4/c1-10-16(13(4)22)11(2)19-17(10)18(23)20(5)12(3)14-7-6-8-15(9-14)21(24)25/h6-9,12,19H,1-5H3/t12-/m1/s1. The highest BCUT2D eigenvalue weighted by molar-refractivity contribution is 6.02. The summed E-state index contributed by atoms with van der Waals surface area (Å²) in [5.41, 5.74) is 2.81. The number of aryl methyl sites for hydroxylation is 1. The Morgan fingerprint density at radius 1 is 1.28 bits per heavy atom. The van der Waals surface area contributed by atoms with Gasteiger partial charge < -0.3 is 9.88 Å². The van der Waals surface area contributed by atoms with Gasteiger partial charge in [0.2, 0.25) is 0 Å². The lowest BCUT2D eigenvalue weighted by molar-refractivity contribution is -0.384. The Balaban J connectivity index is 2.34. The van der Waals surface area contributed by atoms with Gasteiger partial charge in [0.25, 0.3) is 11.6 Å². The van der Waals surface area contributed by atoms with Gasteiger partial charge in [-0.3, -0.25) is 19.7 Å². The minimum absolute atomic E-state index is 0.0176. The lowest BCUT2D eigenvalue weighted by atomic mass is 10.0. The van der Waals surface area contributed by atoms with E-state index in [2.05, 4.69) is 4.98 Å². The van der Waals surface area contributed by atoms with Crippen molar-refractivity contribution in [3.8, 4) is 0 Å². The number of hydrogen-bond donors (Lipinski definition) is 1. The molecule has 7 nitrogen and oxygen atoms in total. The van der Waals surface area contributed by atoms with Gasteiger partial charge in [-0.2, -0.15) is 0 Å². The Labute approximate surface area is 145 Å². The van der Waals surface area contributed by atoms with Crippen molar-refractivity contribution in [3.63, 3.8) is 0 Å². The average Bonchev–Trinajstić information content (AvgIpc) is 2.87. The molecule has 2 rings (SSSR count). The number of hydrogen-bond acceptors (Lipinski definition) is 4. The Morgan fingerprint density at radius 2 is 1.92 bits per heavy atom. The molecule has 0 radical (unpaired) electrons. The number of nitro benzene ring substituents is 1. The Morgan fingerprint density at radius 3 is 2.44 bits per heavy atom. The van der Waals surface area contributed by atoms with Crippen LogP contribution in [-0.2, 0) is 0 Å². The van der Waals surface area contributed by atoms with Crippen LogP contribution in [-0.4, -0.2) is 33.5 Å². The predicted octanol–water partition coefficient (Wildman–Crippen LogP) is 3.58. The number of nitrogens with one attached hydrogen (secondary N) is 1. The molecule has 132 valence electrons. The number of benzene rings is 1. The molecule has 0 saturated heterocycles. The Kier molecular flexibility index (Phi) is 5.06. The molecule has 25 heavy (non-hydrogen) atoms. The van der Waals surface area contributed by atoms with Crippen LogP contribution < -0.4 is 0 Å². The van der Waals surface area contributed by atoms with Crippen LogP contribution in [0, 0.1) is 24.0 Å². The van der Waals surface area contributed by atoms with Gasteiger partial charge in [0.05, 0.1) is 11.0 Å². The summed E-state index contributed by atoms with van der Waals surface area (Å²) >= 11 is 0. The molecular weight excluding hydrogens is 322 g/mol. The van der Waals surface area contributed by atoms with Crippen molar-refractivity contribution in [2.45, 2.75) is 33.7 Å². The van der Waals surface area contributed by atoms with Crippen LogP contribution in [0.2, 0.25) is 0 Å². The summed E-state index contributed by atoms with van der Waals surface area (Å²) in [5.74, 6) is -0.369. The van der Waals surface area contributed by atoms with E-state index in [4.69, 9.17) is 0 Å². The zero-order valence-corrected chi connectivity index (χ0v) is 14.9. The number of H-pyrrole nitrogens is 1. The van der Waals surface area contributed by atoms with Gasteiger partial charge >= 0.3 is 0 Å². The summed E-state index contributed by atoms with van der Waals surface area (Å²) in [6.07, 6.45) is 0. The summed E-state index contributed by atoms with van der Waals surface area (Å²) in [6.45, 7) is 6.75. The molecule has 1 heterocycles. The zero-order chi connectivity index (χ0) is 18.9. The largest absolute Gasteiger partial charge is 0.354 e. The monoisotopic (exact) mass is 343 g/mol. The normalized spacial score (nSPS) is 11.9. The molecule has 1 N–H and O–H groups in total. The van der Waals surface area contributed by atoms with Gasteiger partial charge in [0.15, 0.2) is 5.78 Å². The molecule has 2 aromatic rings. The lowest BCUT2D eigenvalue weighted by Gasteiger charge is -2.25. The van der Waals surface area contributed by atoms with Gasteiger partial charge in [-0.15, -0.1) is 0 Å². The van der Waals surface area contributed by atoms with E-state index in [1.807, 2.05) is 0 Å². The van der Waals surface area contributed by atoms with Crippen molar-refractivity contribution < 1.29 is 14.5 Å². The first-order valence-corrected chi connectivity index (χ1v) is 7.86. The fraction of sp³-hybridized carbons (Fsp3) is 0.333. The van der Waals surface area contributed by atoms with Crippen LogP contribution >= 0.6 is 0 Å². The Bertz CT molecular complexity index is 854. The minimum atomic E-state index is -0.463. The second-order valence-corrected chi connectivity index (χ2v) is 6.13. The molecule has 0 spiro atoms. The number of carbonyl (C=O) groups is 2. The molecule has 1 aromatic heterocycles. The third-order valence-corrected chi connectivity index (χ3v) is 4.47. The van der Waals surface area contributed by atoms with Gasteiger partial charge in [-0.05, 0) is 38.8 Å². The van der Waals surface area contributed by atoms with Crippen LogP contribution in [0.5, 0.6) is 0 Å². The average molecular weight is 343 g/mol. The van der Waals surface area contributed by atoms with E-state index < -0.39 is 4.92 Å². The molecule has 0 bridgehead atoms. The second kappa shape index (κ2) is 6.88. The third kappa shape index (κ3) is 3.45. The predicted molar refractivity (Wildman–Crippen MR) is 93.9 cm³/mol. The quantitative estimate of drug-likeness (QED) is 0.510. The van der Waals surface area contributed by atoms with Crippen molar-refractivity contribution in [1.82, 2.24) is 9.88 Å². The summed E-state index contributed by atoms with van der Waals surface area (Å²) < 4.78 is 0. The smallest absolute Gasteiger partial charge is 0.270 e. The molecule has 0 aliphatic carbocycles. The molecule has 1 amide bonds. The van der Waals surface area contributed by atoms with Gasteiger partial charge in [-0.1, -0.05) is 12.1 Å². The number of amides is 1. The van der Waals surface area contributed by atoms with E-state index in [9.17, 15) is 19.7 Å². The third-order valence-electron chi connectivity index (χ3n) is 4.47. The van der Waals surface area contributed by atoms with E-state index in [1.54, 1.807) is 40.0 Å². The first-order chi connectivity index (χ1) is 11.6. The number of Topliss-reactive ketones (excluding diaryl/α,β-unsaturated/α-hetero) is 1. The van der Waals surface area contributed by atoms with E-state index in [1.165, 1.54) is 24.0 Å². The molecule has 7 heteroatoms. The highest BCUT2D eigenvalue weighted by atomic mass is 16.6. The maximum Gasteiger partial charge on any atom is 0.270 e. The number of rotatable bonds is 5. The molecule has 1 aromatic carbocycles. The number of aromatic nitrogens is 1. The summed E-state index contributed by atoms with van der Waals surface area (Å²) in [6, 6.07) is 5.85. The van der Waals surface area contributed by atoms with Crippen LogP contribution in [0.4, 0.5) is 5.69 Å². The van der Waals surface area contributed by atoms with Crippen molar-refractivity contribution in [2.24, 2.45) is 0 Å². The van der Waals surface area contributed by atoms with Gasteiger partial charge in [-0.25, -0.2) is 0 Å². The van der Waals surface area contributed by atoms with Crippen molar-refractivity contribution in [1.29, 1.82) is 0 Å². The number of non-ortho nitro benzene ring substituents is 1. The van der Waals surface area contributed by atoms with E-state index in [0.29, 0.717) is 28.1 Å². The van der Waals surface area contributed by atoms with Crippen molar-refractivity contribution >= 4 is 17.4 Å². The number of carbonyl (C=O) groups excluding carboxylic acids is 2. The number of nitro groups is 1. The molecule has 0 aliphatic rings. The zero-order valence-electron chi connectivity index (χ0n) is 14.9. The summed E-state index contributed by atoms with van der Waals surface area (Å²) in [4.78, 5) is 39.5. The van der Waals surface area contributed by atoms with Crippen LogP contribution in [0.3, 0.4) is 0 Å². The minimum Gasteiger partial charge on any atom is -0.354 e. The molecular formula is C18H21N3O4. The molecule has 0 saturated carbocycles. The number of aromatic amines is 1. The van der Waals surface area contributed by atoms with Crippen LogP contribution in [0.15, 0.2) is 24.3 Å². The molecule has 0 aliphatic heterocycles. The summed E-state index contributed by atoms with van der Waals surface area (Å²) in [7, 11) is 1.63. The summed E-state index contributed by atoms with van der Waals surface area (Å²) in [5, 5.41) is 10.9. The first-order valence-electron chi connectivity index (χ1n) is 7.86. The van der Waals surface area contributed by atoms with Crippen molar-refractivity contribution in [2.75, 3.05) is 7.05 Å². The topological polar surface area (TPSA) is 96.3 Å². The highest BCUT2D eigenvalue weighted by Crippen LogP contribution is 2.26. The molecule has 0 unspecified atom stereocenters. The van der Waals surface area contributed by atoms with Crippen LogP contribution in [0.1, 0.15) is 57.6 Å². The van der Waals surface area contributed by atoms with Gasteiger partial charge in [0, 0.05) is 30.4 Å². The van der Waals surface area contributed by atoms with E-state index in [0.717, 1.165) is 0 Å². The maximum atomic E-state index is 12.8. The Hall–Kier alpha value is -2.96. The fourth-order valence-corrected chi connectivity index (χ4v) is 2.97. The number of nitrogens with zero attached hydrogens (tertiary/aromatic N) is 2. The number of ketones is 1. The highest BCUT2D eigenvalue weighted by Gasteiger charge is 2.25. The molecule has 1 atom stereocenters. The van der Waals surface area contributed by atoms with Crippen molar-refractivity contribution in [3.05, 3.63) is 62.5 Å². The fourth-order valence-electron chi connectivity index (χ4n) is 2.97. The lowest BCUT2D eigenvalue weighted by Crippen LogP contribution is -2.30. The first kappa shape index (κ1) is 18.4. The van der Waals surface area contributed by atoms with E-state index in [-0.39, 0.29) is 23.4 Å². The van der Waals surface area contributed by atoms with Crippen LogP contribution in [0.25, 0.3) is 0 Å².